The first kappa shape index (κ1) is 32.6. The zero-order valence-corrected chi connectivity index (χ0v) is 30.1. The molecule has 260 valence electrons. The van der Waals surface area contributed by atoms with Crippen LogP contribution in [0.5, 0.6) is 0 Å². The maximum absolute atomic E-state index is 4.98. The quantitative estimate of drug-likeness (QED) is 0.166. The molecule has 10 rings (SSSR count). The Kier molecular flexibility index (Phi) is 8.15. The molecule has 0 fully saturated rings. The molecule has 0 saturated carbocycles. The largest absolute Gasteiger partial charge is 0.264 e. The van der Waals surface area contributed by atoms with Crippen molar-refractivity contribution in [2.24, 2.45) is 0 Å². The van der Waals surface area contributed by atoms with Crippen LogP contribution in [0.4, 0.5) is 0 Å². The second-order valence-corrected chi connectivity index (χ2v) is 14.2. The van der Waals surface area contributed by atoms with E-state index in [1.54, 1.807) is 0 Å². The number of hydrogen-bond acceptors (Lipinski definition) is 4. The Bertz CT molecular complexity index is 2610. The molecular formula is C51H36N4. The first-order valence-electron chi connectivity index (χ1n) is 18.8. The molecule has 4 nitrogen and oxygen atoms in total. The molecule has 0 saturated heterocycles. The lowest BCUT2D eigenvalue weighted by Crippen LogP contribution is -2.28. The Hall–Kier alpha value is -7.04. The van der Waals surface area contributed by atoms with Crippen LogP contribution >= 0.6 is 0 Å². The summed E-state index contributed by atoms with van der Waals surface area (Å²) in [6, 6.07) is 60.5. The van der Waals surface area contributed by atoms with Gasteiger partial charge in [0.1, 0.15) is 0 Å². The average Bonchev–Trinajstić information content (AvgIpc) is 3.57. The van der Waals surface area contributed by atoms with Crippen LogP contribution in [0.25, 0.3) is 50.6 Å². The van der Waals surface area contributed by atoms with E-state index in [4.69, 9.17) is 15.0 Å². The van der Waals surface area contributed by atoms with Crippen molar-refractivity contribution in [3.8, 4) is 45.0 Å². The third-order valence-corrected chi connectivity index (χ3v) is 11.1. The minimum Gasteiger partial charge on any atom is -0.264 e. The molecule has 2 aliphatic rings. The van der Waals surface area contributed by atoms with Crippen LogP contribution in [0.15, 0.2) is 200 Å². The number of nitrogens with zero attached hydrogens (tertiary/aromatic N) is 4. The van der Waals surface area contributed by atoms with Gasteiger partial charge in [0.2, 0.25) is 0 Å². The molecule has 8 aromatic rings. The second kappa shape index (κ2) is 13.7. The Labute approximate surface area is 321 Å². The molecule has 0 N–H and O–H groups in total. The van der Waals surface area contributed by atoms with Crippen LogP contribution in [0.2, 0.25) is 0 Å². The first-order valence-corrected chi connectivity index (χ1v) is 18.8. The Morgan fingerprint density at radius 1 is 0.473 bits per heavy atom. The number of rotatable bonds is 7. The van der Waals surface area contributed by atoms with Crippen molar-refractivity contribution in [2.45, 2.75) is 17.8 Å². The van der Waals surface area contributed by atoms with Gasteiger partial charge in [-0.3, -0.25) is 4.98 Å². The van der Waals surface area contributed by atoms with Gasteiger partial charge in [-0.05, 0) is 63.1 Å². The molecule has 0 radical (unpaired) electrons. The predicted molar refractivity (Wildman–Crippen MR) is 222 cm³/mol. The van der Waals surface area contributed by atoms with Crippen molar-refractivity contribution in [3.05, 3.63) is 234 Å². The summed E-state index contributed by atoms with van der Waals surface area (Å²) in [5.41, 5.74) is 13.7. The van der Waals surface area contributed by atoms with Crippen molar-refractivity contribution >= 4 is 5.57 Å². The number of aromatic nitrogens is 4. The van der Waals surface area contributed by atoms with Crippen molar-refractivity contribution in [3.63, 3.8) is 0 Å². The molecule has 55 heavy (non-hydrogen) atoms. The summed E-state index contributed by atoms with van der Waals surface area (Å²) in [7, 11) is 0. The van der Waals surface area contributed by atoms with Gasteiger partial charge in [-0.25, -0.2) is 15.0 Å². The lowest BCUT2D eigenvalue weighted by molar-refractivity contribution is 0.766. The maximum Gasteiger partial charge on any atom is 0.164 e. The fraction of sp³-hybridized carbons (Fsp3) is 0.0588. The Morgan fingerprint density at radius 3 is 1.58 bits per heavy atom. The van der Waals surface area contributed by atoms with E-state index in [0.717, 1.165) is 34.2 Å². The van der Waals surface area contributed by atoms with Crippen LogP contribution in [0.1, 0.15) is 46.0 Å². The van der Waals surface area contributed by atoms with Crippen molar-refractivity contribution in [1.82, 2.24) is 19.9 Å². The standard InChI is InChI=1S/C51H36N4/c1-5-14-36(15-6-1)48-53-49(37-16-7-2-8-17-37)55-50(54-48)38-25-23-35(24-26-38)39-27-29-46-44(32-39)45-33-40(41-18-13-31-52-34-41)28-30-47(45)51(46,42-19-9-3-10-20-42)43-21-11-4-12-22-43/h1-23,25-35H,24H2. The van der Waals surface area contributed by atoms with Gasteiger partial charge in [-0.15, -0.1) is 0 Å². The maximum atomic E-state index is 4.98. The van der Waals surface area contributed by atoms with E-state index < -0.39 is 5.41 Å². The highest BCUT2D eigenvalue weighted by molar-refractivity contribution is 5.89. The molecule has 4 heteroatoms. The van der Waals surface area contributed by atoms with E-state index in [1.165, 1.54) is 38.9 Å². The number of hydrogen-bond donors (Lipinski definition) is 0. The number of allylic oxidation sites excluding steroid dienone is 4. The molecule has 1 unspecified atom stereocenters. The normalized spacial score (nSPS) is 15.2. The summed E-state index contributed by atoms with van der Waals surface area (Å²) in [4.78, 5) is 19.3. The molecule has 0 aliphatic heterocycles. The highest BCUT2D eigenvalue weighted by Gasteiger charge is 2.46. The molecule has 0 spiro atoms. The van der Waals surface area contributed by atoms with E-state index in [-0.39, 0.29) is 5.92 Å². The van der Waals surface area contributed by atoms with Gasteiger partial charge >= 0.3 is 0 Å². The van der Waals surface area contributed by atoms with Crippen LogP contribution < -0.4 is 0 Å². The zero-order chi connectivity index (χ0) is 36.6. The van der Waals surface area contributed by atoms with Crippen LogP contribution in [-0.4, -0.2) is 19.9 Å². The van der Waals surface area contributed by atoms with Gasteiger partial charge < -0.3 is 0 Å². The van der Waals surface area contributed by atoms with E-state index >= 15 is 0 Å². The summed E-state index contributed by atoms with van der Waals surface area (Å²) in [6.07, 6.45) is 11.4. The van der Waals surface area contributed by atoms with Crippen molar-refractivity contribution < 1.29 is 0 Å². The summed E-state index contributed by atoms with van der Waals surface area (Å²) < 4.78 is 0. The molecule has 0 bridgehead atoms. The Morgan fingerprint density at radius 2 is 1.02 bits per heavy atom. The zero-order valence-electron chi connectivity index (χ0n) is 30.1. The monoisotopic (exact) mass is 704 g/mol. The average molecular weight is 705 g/mol. The smallest absolute Gasteiger partial charge is 0.164 e. The summed E-state index contributed by atoms with van der Waals surface area (Å²) >= 11 is 0. The van der Waals surface area contributed by atoms with Gasteiger partial charge in [-0.2, -0.15) is 0 Å². The fourth-order valence-electron chi connectivity index (χ4n) is 8.43. The minimum absolute atomic E-state index is 0.200. The topological polar surface area (TPSA) is 51.6 Å². The van der Waals surface area contributed by atoms with Crippen molar-refractivity contribution in [1.29, 1.82) is 0 Å². The van der Waals surface area contributed by atoms with Crippen molar-refractivity contribution in [2.75, 3.05) is 0 Å². The van der Waals surface area contributed by atoms with Gasteiger partial charge in [0.25, 0.3) is 0 Å². The first-order chi connectivity index (χ1) is 27.3. The van der Waals surface area contributed by atoms with E-state index in [2.05, 4.69) is 126 Å². The Balaban J connectivity index is 1.07. The third kappa shape index (κ3) is 5.71. The van der Waals surface area contributed by atoms with Crippen LogP contribution in [0, 0.1) is 0 Å². The SMILES string of the molecule is C1=CC(c2ccc3c(c2)-c2cc(-c4cccnc4)ccc2C3(c2ccccc2)c2ccccc2)CC=C1c1nc(-c2ccccc2)nc(-c2ccccc2)n1. The summed E-state index contributed by atoms with van der Waals surface area (Å²) in [5, 5.41) is 0. The van der Waals surface area contributed by atoms with Crippen LogP contribution in [-0.2, 0) is 5.41 Å². The predicted octanol–water partition coefficient (Wildman–Crippen LogP) is 11.8. The number of benzene rings is 6. The van der Waals surface area contributed by atoms with Gasteiger partial charge in [-0.1, -0.05) is 176 Å². The molecule has 2 heterocycles. The molecule has 1 atom stereocenters. The highest BCUT2D eigenvalue weighted by atomic mass is 15.0. The molecule has 2 aliphatic carbocycles. The highest BCUT2D eigenvalue weighted by Crippen LogP contribution is 2.57. The van der Waals surface area contributed by atoms with Gasteiger partial charge in [0.15, 0.2) is 17.5 Å². The summed E-state index contributed by atoms with van der Waals surface area (Å²) in [6.45, 7) is 0. The van der Waals surface area contributed by atoms with Gasteiger partial charge in [0, 0.05) is 40.6 Å². The van der Waals surface area contributed by atoms with E-state index in [1.807, 2.05) is 79.1 Å². The lowest BCUT2D eigenvalue weighted by Gasteiger charge is -2.34. The van der Waals surface area contributed by atoms with E-state index in [9.17, 15) is 0 Å². The van der Waals surface area contributed by atoms with Gasteiger partial charge in [0.05, 0.1) is 5.41 Å². The fourth-order valence-corrected chi connectivity index (χ4v) is 8.43. The molecule has 2 aromatic heterocycles. The van der Waals surface area contributed by atoms with Crippen LogP contribution in [0.3, 0.4) is 0 Å². The third-order valence-electron chi connectivity index (χ3n) is 11.1. The summed E-state index contributed by atoms with van der Waals surface area (Å²) in [5.74, 6) is 2.23. The minimum atomic E-state index is -0.458. The molecule has 0 amide bonds. The molecular weight excluding hydrogens is 669 g/mol. The lowest BCUT2D eigenvalue weighted by atomic mass is 9.67. The number of pyridine rings is 1. The van der Waals surface area contributed by atoms with E-state index in [0.29, 0.717) is 17.5 Å². The number of fused-ring (bicyclic) bond motifs is 3. The molecule has 6 aromatic carbocycles. The second-order valence-electron chi connectivity index (χ2n) is 14.2.